The predicted molar refractivity (Wildman–Crippen MR) is 89.0 cm³/mol. The number of benzene rings is 1. The van der Waals surface area contributed by atoms with Crippen LogP contribution in [0.4, 0.5) is 5.69 Å². The van der Waals surface area contributed by atoms with Crippen molar-refractivity contribution in [1.82, 2.24) is 10.2 Å². The number of anilines is 1. The lowest BCUT2D eigenvalue weighted by Crippen LogP contribution is -2.33. The average Bonchev–Trinajstić information content (AvgIpc) is 3.08. The molecule has 2 aromatic rings. The highest BCUT2D eigenvalue weighted by molar-refractivity contribution is 7.21. The molecule has 1 aliphatic rings. The maximum atomic E-state index is 12.3. The van der Waals surface area contributed by atoms with E-state index >= 15 is 0 Å². The molecule has 3 N–H and O–H groups in total. The minimum atomic E-state index is -0.0488. The van der Waals surface area contributed by atoms with Crippen LogP contribution in [0, 0.1) is 6.92 Å². The van der Waals surface area contributed by atoms with E-state index in [1.54, 1.807) is 0 Å². The topological polar surface area (TPSA) is 58.4 Å². The van der Waals surface area contributed by atoms with Crippen LogP contribution in [0.5, 0.6) is 0 Å². The Kier molecular flexibility index (Phi) is 4.12. The summed E-state index contributed by atoms with van der Waals surface area (Å²) in [7, 11) is 0. The molecule has 1 saturated heterocycles. The van der Waals surface area contributed by atoms with Crippen LogP contribution < -0.4 is 11.1 Å². The van der Waals surface area contributed by atoms with E-state index < -0.39 is 0 Å². The Balaban J connectivity index is 1.69. The molecule has 0 atom stereocenters. The molecule has 3 rings (SSSR count). The number of fused-ring (bicyclic) bond motifs is 1. The van der Waals surface area contributed by atoms with Gasteiger partial charge >= 0.3 is 0 Å². The van der Waals surface area contributed by atoms with Crippen LogP contribution in [0.15, 0.2) is 18.2 Å². The molecule has 1 aromatic carbocycles. The van der Waals surface area contributed by atoms with Crippen LogP contribution >= 0.6 is 11.3 Å². The molecule has 5 heteroatoms. The average molecular weight is 303 g/mol. The van der Waals surface area contributed by atoms with Gasteiger partial charge in [0, 0.05) is 23.2 Å². The molecule has 1 aromatic heterocycles. The Morgan fingerprint density at radius 3 is 2.86 bits per heavy atom. The number of amides is 1. The number of thiophene rings is 1. The van der Waals surface area contributed by atoms with Crippen molar-refractivity contribution in [1.29, 1.82) is 0 Å². The first-order valence-electron chi connectivity index (χ1n) is 7.45. The van der Waals surface area contributed by atoms with Crippen molar-refractivity contribution in [2.75, 3.05) is 31.9 Å². The second-order valence-corrected chi connectivity index (χ2v) is 6.62. The number of nitrogens with one attached hydrogen (secondary N) is 1. The molecular weight excluding hydrogens is 282 g/mol. The van der Waals surface area contributed by atoms with Gasteiger partial charge in [0.1, 0.15) is 4.88 Å². The summed E-state index contributed by atoms with van der Waals surface area (Å²) in [6, 6.07) is 6.01. The second kappa shape index (κ2) is 6.03. The number of hydrogen-bond donors (Lipinski definition) is 2. The zero-order valence-electron chi connectivity index (χ0n) is 12.3. The van der Waals surface area contributed by atoms with Gasteiger partial charge in [-0.05, 0) is 38.4 Å². The van der Waals surface area contributed by atoms with Gasteiger partial charge in [-0.3, -0.25) is 4.79 Å². The van der Waals surface area contributed by atoms with Gasteiger partial charge in [-0.1, -0.05) is 18.2 Å². The van der Waals surface area contributed by atoms with Crippen molar-refractivity contribution in [3.8, 4) is 0 Å². The van der Waals surface area contributed by atoms with E-state index in [4.69, 9.17) is 5.73 Å². The van der Waals surface area contributed by atoms with Gasteiger partial charge in [-0.2, -0.15) is 0 Å². The Labute approximate surface area is 128 Å². The smallest absolute Gasteiger partial charge is 0.263 e. The zero-order valence-corrected chi connectivity index (χ0v) is 13.1. The van der Waals surface area contributed by atoms with E-state index in [1.165, 1.54) is 29.7 Å². The van der Waals surface area contributed by atoms with Crippen molar-refractivity contribution < 1.29 is 4.79 Å². The zero-order chi connectivity index (χ0) is 14.8. The van der Waals surface area contributed by atoms with Gasteiger partial charge in [0.25, 0.3) is 5.91 Å². The molecule has 0 unspecified atom stereocenters. The largest absolute Gasteiger partial charge is 0.397 e. The number of carbonyl (C=O) groups excluding carboxylic acids is 1. The molecule has 1 fully saturated rings. The number of nitrogens with zero attached hydrogens (tertiary/aromatic N) is 1. The SMILES string of the molecule is Cc1cccc2c(N)c(C(=O)NCCN3CCCC3)sc12. The lowest BCUT2D eigenvalue weighted by molar-refractivity contribution is 0.0954. The van der Waals surface area contributed by atoms with Gasteiger partial charge < -0.3 is 16.0 Å². The van der Waals surface area contributed by atoms with Crippen LogP contribution in [0.1, 0.15) is 28.1 Å². The first kappa shape index (κ1) is 14.4. The minimum Gasteiger partial charge on any atom is -0.397 e. The number of likely N-dealkylation sites (tertiary alicyclic amines) is 1. The van der Waals surface area contributed by atoms with Gasteiger partial charge in [0.15, 0.2) is 0 Å². The van der Waals surface area contributed by atoms with E-state index in [9.17, 15) is 4.79 Å². The Morgan fingerprint density at radius 2 is 2.14 bits per heavy atom. The second-order valence-electron chi connectivity index (χ2n) is 5.60. The number of rotatable bonds is 4. The van der Waals surface area contributed by atoms with Crippen LogP contribution in [0.2, 0.25) is 0 Å². The molecule has 0 saturated carbocycles. The van der Waals surface area contributed by atoms with E-state index in [-0.39, 0.29) is 5.91 Å². The van der Waals surface area contributed by atoms with Crippen molar-refractivity contribution in [3.63, 3.8) is 0 Å². The Morgan fingerprint density at radius 1 is 1.38 bits per heavy atom. The third kappa shape index (κ3) is 2.89. The molecule has 1 amide bonds. The Hall–Kier alpha value is -1.59. The van der Waals surface area contributed by atoms with Crippen LogP contribution in [0.3, 0.4) is 0 Å². The molecule has 0 bridgehead atoms. The van der Waals surface area contributed by atoms with Crippen molar-refractivity contribution in [3.05, 3.63) is 28.6 Å². The molecule has 0 radical (unpaired) electrons. The highest BCUT2D eigenvalue weighted by Gasteiger charge is 2.17. The first-order valence-corrected chi connectivity index (χ1v) is 8.26. The summed E-state index contributed by atoms with van der Waals surface area (Å²) < 4.78 is 1.11. The van der Waals surface area contributed by atoms with E-state index in [1.807, 2.05) is 25.1 Å². The fraction of sp³-hybridized carbons (Fsp3) is 0.438. The summed E-state index contributed by atoms with van der Waals surface area (Å²) in [6.07, 6.45) is 2.55. The summed E-state index contributed by atoms with van der Waals surface area (Å²) >= 11 is 1.49. The number of aryl methyl sites for hydroxylation is 1. The Bertz CT molecular complexity index is 659. The quantitative estimate of drug-likeness (QED) is 0.913. The standard InChI is InChI=1S/C16H21N3OS/c1-11-5-4-6-12-13(17)15(21-14(11)12)16(20)18-7-10-19-8-2-3-9-19/h4-6H,2-3,7-10,17H2,1H3,(H,18,20). The van der Waals surface area contributed by atoms with Gasteiger partial charge in [-0.15, -0.1) is 11.3 Å². The van der Waals surface area contributed by atoms with Gasteiger partial charge in [0.05, 0.1) is 5.69 Å². The summed E-state index contributed by atoms with van der Waals surface area (Å²) in [6.45, 7) is 5.97. The molecule has 2 heterocycles. The third-order valence-electron chi connectivity index (χ3n) is 4.07. The molecule has 1 aliphatic heterocycles. The molecule has 0 spiro atoms. The molecule has 21 heavy (non-hydrogen) atoms. The lowest BCUT2D eigenvalue weighted by Gasteiger charge is -2.14. The lowest BCUT2D eigenvalue weighted by atomic mass is 10.1. The van der Waals surface area contributed by atoms with E-state index in [0.717, 1.165) is 29.7 Å². The predicted octanol–water partition coefficient (Wildman–Crippen LogP) is 2.62. The van der Waals surface area contributed by atoms with Crippen LogP contribution in [-0.2, 0) is 0 Å². The molecular formula is C16H21N3OS. The molecule has 112 valence electrons. The van der Waals surface area contributed by atoms with Crippen LogP contribution in [0.25, 0.3) is 10.1 Å². The monoisotopic (exact) mass is 303 g/mol. The van der Waals surface area contributed by atoms with Gasteiger partial charge in [0.2, 0.25) is 0 Å². The molecule has 0 aliphatic carbocycles. The summed E-state index contributed by atoms with van der Waals surface area (Å²) in [5.41, 5.74) is 7.92. The van der Waals surface area contributed by atoms with Gasteiger partial charge in [-0.25, -0.2) is 0 Å². The summed E-state index contributed by atoms with van der Waals surface area (Å²) in [4.78, 5) is 15.3. The van der Waals surface area contributed by atoms with Crippen molar-refractivity contribution in [2.24, 2.45) is 0 Å². The highest BCUT2D eigenvalue weighted by atomic mass is 32.1. The first-order chi connectivity index (χ1) is 10.2. The normalized spacial score (nSPS) is 15.7. The fourth-order valence-corrected chi connectivity index (χ4v) is 3.97. The highest BCUT2D eigenvalue weighted by Crippen LogP contribution is 2.35. The van der Waals surface area contributed by atoms with E-state index in [0.29, 0.717) is 17.1 Å². The minimum absolute atomic E-state index is 0.0488. The number of nitrogen functional groups attached to an aromatic ring is 1. The summed E-state index contributed by atoms with van der Waals surface area (Å²) in [5.74, 6) is -0.0488. The maximum Gasteiger partial charge on any atom is 0.263 e. The number of hydrogen-bond acceptors (Lipinski definition) is 4. The maximum absolute atomic E-state index is 12.3. The fourth-order valence-electron chi connectivity index (χ4n) is 2.86. The number of carbonyl (C=O) groups is 1. The number of nitrogens with two attached hydrogens (primary N) is 1. The van der Waals surface area contributed by atoms with Crippen LogP contribution in [-0.4, -0.2) is 37.0 Å². The third-order valence-corrected chi connectivity index (χ3v) is 5.42. The molecule has 4 nitrogen and oxygen atoms in total. The summed E-state index contributed by atoms with van der Waals surface area (Å²) in [5, 5.41) is 3.99. The van der Waals surface area contributed by atoms with Crippen molar-refractivity contribution >= 4 is 33.0 Å². The van der Waals surface area contributed by atoms with Crippen molar-refractivity contribution in [2.45, 2.75) is 19.8 Å². The van der Waals surface area contributed by atoms with E-state index in [2.05, 4.69) is 10.2 Å².